The van der Waals surface area contributed by atoms with Crippen LogP contribution in [-0.2, 0) is 20.0 Å². The van der Waals surface area contributed by atoms with Gasteiger partial charge in [-0.2, -0.15) is 15.6 Å². The van der Waals surface area contributed by atoms with Gasteiger partial charge in [-0.3, -0.25) is 4.31 Å². The van der Waals surface area contributed by atoms with Crippen LogP contribution < -0.4 is 4.31 Å². The van der Waals surface area contributed by atoms with Crippen LogP contribution in [0.2, 0.25) is 0 Å². The minimum Gasteiger partial charge on any atom is -0.270 e. The highest BCUT2D eigenvalue weighted by molar-refractivity contribution is 7.92. The molecule has 3 heterocycles. The molecule has 0 atom stereocenters. The first-order chi connectivity index (χ1) is 13.4. The summed E-state index contributed by atoms with van der Waals surface area (Å²) in [6.45, 7) is 1.46. The van der Waals surface area contributed by atoms with Gasteiger partial charge < -0.3 is 0 Å². The highest BCUT2D eigenvalue weighted by atomic mass is 32.2. The van der Waals surface area contributed by atoms with E-state index in [2.05, 4.69) is 16.8 Å². The molecule has 0 bridgehead atoms. The van der Waals surface area contributed by atoms with Gasteiger partial charge in [0.15, 0.2) is 0 Å². The van der Waals surface area contributed by atoms with Crippen molar-refractivity contribution in [1.82, 2.24) is 4.31 Å². The predicted octanol–water partition coefficient (Wildman–Crippen LogP) is 3.25. The second-order valence-corrected chi connectivity index (χ2v) is 12.1. The summed E-state index contributed by atoms with van der Waals surface area (Å²) in [4.78, 5) is 0.222. The molecule has 28 heavy (non-hydrogen) atoms. The van der Waals surface area contributed by atoms with E-state index in [0.29, 0.717) is 37.7 Å². The second kappa shape index (κ2) is 7.78. The molecule has 0 saturated carbocycles. The summed E-state index contributed by atoms with van der Waals surface area (Å²) in [5.74, 6) is 0.566. The third-order valence-electron chi connectivity index (χ3n) is 5.58. The summed E-state index contributed by atoms with van der Waals surface area (Å²) in [7, 11) is -6.86. The van der Waals surface area contributed by atoms with E-state index >= 15 is 0 Å². The molecule has 2 aromatic rings. The van der Waals surface area contributed by atoms with Gasteiger partial charge in [0.25, 0.3) is 0 Å². The third-order valence-corrected chi connectivity index (χ3v) is 10.1. The van der Waals surface area contributed by atoms with Gasteiger partial charge in [0.2, 0.25) is 20.0 Å². The van der Waals surface area contributed by atoms with Gasteiger partial charge in [-0.25, -0.2) is 16.8 Å². The van der Waals surface area contributed by atoms with Crippen molar-refractivity contribution in [2.24, 2.45) is 0 Å². The molecule has 0 aliphatic carbocycles. The number of anilines is 1. The Morgan fingerprint density at radius 3 is 2.29 bits per heavy atom. The molecule has 0 unspecified atom stereocenters. The number of thiophene rings is 1. The lowest BCUT2D eigenvalue weighted by Gasteiger charge is -2.31. The standard InChI is InChI=1S/C19H24N2O4S3/c22-27(23)14-2-1-10-21(27)18-3-5-19(6-4-18)28(24,25)20-11-7-16(8-12-20)17-9-13-26-15-17/h3-6,9,13,15-16H,1-2,7-8,10-12,14H2. The largest absolute Gasteiger partial charge is 0.270 e. The Bertz CT molecular complexity index is 1010. The molecule has 1 aromatic carbocycles. The van der Waals surface area contributed by atoms with Crippen molar-refractivity contribution < 1.29 is 16.8 Å². The smallest absolute Gasteiger partial charge is 0.243 e. The molecule has 152 valence electrons. The molecule has 9 heteroatoms. The van der Waals surface area contributed by atoms with Crippen LogP contribution in [0.1, 0.15) is 37.2 Å². The maximum absolute atomic E-state index is 13.0. The average Bonchev–Trinajstić information content (AvgIpc) is 3.23. The summed E-state index contributed by atoms with van der Waals surface area (Å²) >= 11 is 1.67. The van der Waals surface area contributed by atoms with Crippen molar-refractivity contribution in [1.29, 1.82) is 0 Å². The Morgan fingerprint density at radius 2 is 1.68 bits per heavy atom. The third kappa shape index (κ3) is 3.85. The first kappa shape index (κ1) is 19.9. The van der Waals surface area contributed by atoms with Gasteiger partial charge in [-0.05, 0) is 78.3 Å². The van der Waals surface area contributed by atoms with Crippen LogP contribution in [0.15, 0.2) is 46.0 Å². The normalized spacial score (nSPS) is 21.6. The van der Waals surface area contributed by atoms with E-state index in [4.69, 9.17) is 0 Å². The SMILES string of the molecule is O=S1(=O)CCCCN1c1ccc(S(=O)(=O)N2CCC(c3ccsc3)CC2)cc1. The molecule has 2 aliphatic rings. The number of benzene rings is 1. The topological polar surface area (TPSA) is 74.8 Å². The van der Waals surface area contributed by atoms with Crippen LogP contribution >= 0.6 is 11.3 Å². The molecular formula is C19H24N2O4S3. The van der Waals surface area contributed by atoms with Crippen molar-refractivity contribution in [3.05, 3.63) is 46.7 Å². The molecule has 0 radical (unpaired) electrons. The molecule has 2 saturated heterocycles. The van der Waals surface area contributed by atoms with Gasteiger partial charge in [0, 0.05) is 19.6 Å². The molecule has 6 nitrogen and oxygen atoms in total. The van der Waals surface area contributed by atoms with E-state index in [0.717, 1.165) is 19.3 Å². The van der Waals surface area contributed by atoms with Crippen LogP contribution in [0.5, 0.6) is 0 Å². The Hall–Kier alpha value is -1.42. The first-order valence-electron chi connectivity index (χ1n) is 9.51. The maximum atomic E-state index is 13.0. The number of nitrogens with zero attached hydrogens (tertiary/aromatic N) is 2. The number of rotatable bonds is 4. The van der Waals surface area contributed by atoms with Gasteiger partial charge in [0.05, 0.1) is 16.3 Å². The molecule has 1 aromatic heterocycles. The lowest BCUT2D eigenvalue weighted by atomic mass is 9.92. The highest BCUT2D eigenvalue weighted by Crippen LogP contribution is 2.32. The highest BCUT2D eigenvalue weighted by Gasteiger charge is 2.31. The van der Waals surface area contributed by atoms with Crippen molar-refractivity contribution in [2.75, 3.05) is 29.7 Å². The van der Waals surface area contributed by atoms with Gasteiger partial charge >= 0.3 is 0 Å². The van der Waals surface area contributed by atoms with Gasteiger partial charge in [0.1, 0.15) is 0 Å². The lowest BCUT2D eigenvalue weighted by Crippen LogP contribution is -2.38. The van der Waals surface area contributed by atoms with Crippen molar-refractivity contribution in [3.8, 4) is 0 Å². The Kier molecular flexibility index (Phi) is 5.52. The Morgan fingerprint density at radius 1 is 0.964 bits per heavy atom. The van der Waals surface area contributed by atoms with Crippen LogP contribution in [0.3, 0.4) is 0 Å². The lowest BCUT2D eigenvalue weighted by molar-refractivity contribution is 0.320. The van der Waals surface area contributed by atoms with E-state index in [1.807, 2.05) is 0 Å². The zero-order chi connectivity index (χ0) is 19.8. The van der Waals surface area contributed by atoms with E-state index < -0.39 is 20.0 Å². The van der Waals surface area contributed by atoms with E-state index in [1.165, 1.54) is 22.0 Å². The summed E-state index contributed by atoms with van der Waals surface area (Å²) in [6.07, 6.45) is 3.13. The van der Waals surface area contributed by atoms with Crippen molar-refractivity contribution in [3.63, 3.8) is 0 Å². The zero-order valence-electron chi connectivity index (χ0n) is 15.5. The number of hydrogen-bond donors (Lipinski definition) is 0. The van der Waals surface area contributed by atoms with Crippen LogP contribution in [0.25, 0.3) is 0 Å². The monoisotopic (exact) mass is 440 g/mol. The molecular weight excluding hydrogens is 416 g/mol. The summed E-state index contributed by atoms with van der Waals surface area (Å²) in [6, 6.07) is 8.38. The number of hydrogen-bond acceptors (Lipinski definition) is 5. The quantitative estimate of drug-likeness (QED) is 0.731. The summed E-state index contributed by atoms with van der Waals surface area (Å²) in [5, 5.41) is 4.20. The second-order valence-electron chi connectivity index (χ2n) is 7.32. The first-order valence-corrected chi connectivity index (χ1v) is 13.5. The Balaban J connectivity index is 1.48. The van der Waals surface area contributed by atoms with Crippen molar-refractivity contribution >= 4 is 37.1 Å². The van der Waals surface area contributed by atoms with E-state index in [1.54, 1.807) is 27.8 Å². The number of sulfonamides is 2. The van der Waals surface area contributed by atoms with Crippen LogP contribution in [0.4, 0.5) is 5.69 Å². The zero-order valence-corrected chi connectivity index (χ0v) is 18.0. The Labute approximate surface area is 170 Å². The number of piperidine rings is 1. The van der Waals surface area contributed by atoms with Crippen molar-refractivity contribution in [2.45, 2.75) is 36.5 Å². The summed E-state index contributed by atoms with van der Waals surface area (Å²) < 4.78 is 53.4. The fourth-order valence-corrected chi connectivity index (χ4v) is 7.80. The molecule has 0 N–H and O–H groups in total. The average molecular weight is 441 g/mol. The molecule has 0 amide bonds. The molecule has 2 fully saturated rings. The maximum Gasteiger partial charge on any atom is 0.243 e. The fourth-order valence-electron chi connectivity index (χ4n) is 3.95. The summed E-state index contributed by atoms with van der Waals surface area (Å²) in [5.41, 5.74) is 1.84. The fraction of sp³-hybridized carbons (Fsp3) is 0.474. The van der Waals surface area contributed by atoms with Crippen LogP contribution in [0, 0.1) is 0 Å². The van der Waals surface area contributed by atoms with Gasteiger partial charge in [-0.15, -0.1) is 0 Å². The minimum absolute atomic E-state index is 0.145. The molecule has 4 rings (SSSR count). The molecule has 2 aliphatic heterocycles. The van der Waals surface area contributed by atoms with Gasteiger partial charge in [-0.1, -0.05) is 0 Å². The van der Waals surface area contributed by atoms with E-state index in [-0.39, 0.29) is 10.6 Å². The van der Waals surface area contributed by atoms with E-state index in [9.17, 15) is 16.8 Å². The predicted molar refractivity (Wildman–Crippen MR) is 112 cm³/mol. The molecule has 0 spiro atoms. The minimum atomic E-state index is -3.56. The van der Waals surface area contributed by atoms with Crippen LogP contribution in [-0.4, -0.2) is 46.5 Å².